The zero-order chi connectivity index (χ0) is 21.2. The Hall–Kier alpha value is -0.690. The molecule has 2 unspecified atom stereocenters. The van der Waals surface area contributed by atoms with Crippen molar-refractivity contribution in [1.82, 2.24) is 0 Å². The second kappa shape index (κ2) is 17.0. The first-order valence-electron chi connectivity index (χ1n) is 11.9. The molecule has 172 valence electrons. The van der Waals surface area contributed by atoms with Gasteiger partial charge in [-0.2, -0.15) is 0 Å². The summed E-state index contributed by atoms with van der Waals surface area (Å²) in [6.07, 6.45) is 18.7. The maximum absolute atomic E-state index is 11.9. The number of aliphatic hydroxyl groups excluding tert-OH is 2. The van der Waals surface area contributed by atoms with Gasteiger partial charge in [0, 0.05) is 6.42 Å². The van der Waals surface area contributed by atoms with Crippen LogP contribution in [-0.4, -0.2) is 48.1 Å². The molecule has 0 aromatic carbocycles. The number of rotatable bonds is 21. The molecule has 1 aliphatic rings. The van der Waals surface area contributed by atoms with E-state index < -0.39 is 18.7 Å². The van der Waals surface area contributed by atoms with Gasteiger partial charge in [0.25, 0.3) is 0 Å². The maximum atomic E-state index is 11.9. The predicted molar refractivity (Wildman–Crippen MR) is 113 cm³/mol. The Kier molecular flexibility index (Phi) is 15.5. The molecule has 0 aromatic heterocycles. The summed E-state index contributed by atoms with van der Waals surface area (Å²) in [5.74, 6) is -1.67. The molecule has 0 radical (unpaired) electrons. The van der Waals surface area contributed by atoms with Crippen molar-refractivity contribution in [2.24, 2.45) is 0 Å². The van der Waals surface area contributed by atoms with Crippen molar-refractivity contribution < 1.29 is 29.2 Å². The second-order valence-electron chi connectivity index (χ2n) is 8.29. The van der Waals surface area contributed by atoms with Crippen molar-refractivity contribution in [1.29, 1.82) is 0 Å². The summed E-state index contributed by atoms with van der Waals surface area (Å²) in [4.78, 5) is 11.9. The van der Waals surface area contributed by atoms with Crippen LogP contribution in [0.4, 0.5) is 0 Å². The van der Waals surface area contributed by atoms with Gasteiger partial charge in [-0.1, -0.05) is 96.8 Å². The van der Waals surface area contributed by atoms with Gasteiger partial charge in [-0.3, -0.25) is 4.79 Å². The Labute approximate surface area is 177 Å². The summed E-state index contributed by atoms with van der Waals surface area (Å²) in [6, 6.07) is 0. The Morgan fingerprint density at radius 3 is 1.76 bits per heavy atom. The smallest absolute Gasteiger partial charge is 0.354 e. The molecule has 1 saturated heterocycles. The first-order valence-corrected chi connectivity index (χ1v) is 11.9. The summed E-state index contributed by atoms with van der Waals surface area (Å²) < 4.78 is 15.4. The zero-order valence-electron chi connectivity index (χ0n) is 18.5. The van der Waals surface area contributed by atoms with Crippen molar-refractivity contribution in [3.63, 3.8) is 0 Å². The monoisotopic (exact) mass is 416 g/mol. The predicted octanol–water partition coefficient (Wildman–Crippen LogP) is 4.84. The lowest BCUT2D eigenvalue weighted by Crippen LogP contribution is -2.30. The van der Waals surface area contributed by atoms with Crippen molar-refractivity contribution in [2.45, 2.75) is 122 Å². The molecule has 2 atom stereocenters. The summed E-state index contributed by atoms with van der Waals surface area (Å²) >= 11 is 0. The lowest BCUT2D eigenvalue weighted by atomic mass is 10.0. The Balaban J connectivity index is 1.82. The molecule has 0 aromatic rings. The van der Waals surface area contributed by atoms with Crippen molar-refractivity contribution in [2.75, 3.05) is 19.8 Å². The molecule has 0 amide bonds. The van der Waals surface area contributed by atoms with Crippen molar-refractivity contribution in [3.05, 3.63) is 0 Å². The van der Waals surface area contributed by atoms with E-state index in [1.165, 1.54) is 77.0 Å². The number of unbranched alkanes of at least 4 members (excludes halogenated alkanes) is 14. The van der Waals surface area contributed by atoms with Crippen LogP contribution in [0, 0.1) is 0 Å². The van der Waals surface area contributed by atoms with Crippen LogP contribution in [0.15, 0.2) is 0 Å². The largest absolute Gasteiger partial charge is 0.406 e. The molecule has 29 heavy (non-hydrogen) atoms. The summed E-state index contributed by atoms with van der Waals surface area (Å²) in [5.41, 5.74) is 0. The summed E-state index contributed by atoms with van der Waals surface area (Å²) in [5, 5.41) is 18.0. The molecule has 0 spiro atoms. The van der Waals surface area contributed by atoms with Crippen LogP contribution in [0.25, 0.3) is 0 Å². The lowest BCUT2D eigenvalue weighted by Gasteiger charge is -2.15. The third-order valence-electron chi connectivity index (χ3n) is 5.34. The number of carbonyl (C=O) groups excluding carboxylic acids is 1. The fraction of sp³-hybridized carbons (Fsp3) is 0.957. The third kappa shape index (κ3) is 14.9. The van der Waals surface area contributed by atoms with E-state index in [1.54, 1.807) is 0 Å². The highest BCUT2D eigenvalue weighted by atomic mass is 16.9. The maximum Gasteiger partial charge on any atom is 0.354 e. The van der Waals surface area contributed by atoms with Gasteiger partial charge in [0.15, 0.2) is 0 Å². The number of epoxide rings is 1. The van der Waals surface area contributed by atoms with Gasteiger partial charge >= 0.3 is 11.9 Å². The topological polar surface area (TPSA) is 88.5 Å². The number of esters is 1. The minimum absolute atomic E-state index is 0.122. The van der Waals surface area contributed by atoms with E-state index in [0.717, 1.165) is 19.3 Å². The molecular weight excluding hydrogens is 372 g/mol. The molecule has 1 fully saturated rings. The molecule has 0 saturated carbocycles. The van der Waals surface area contributed by atoms with Gasteiger partial charge in [0.05, 0.1) is 13.2 Å². The van der Waals surface area contributed by atoms with Gasteiger partial charge < -0.3 is 24.4 Å². The second-order valence-corrected chi connectivity index (χ2v) is 8.29. The third-order valence-corrected chi connectivity index (χ3v) is 5.34. The van der Waals surface area contributed by atoms with Crippen LogP contribution in [0.5, 0.6) is 0 Å². The Morgan fingerprint density at radius 1 is 0.897 bits per heavy atom. The van der Waals surface area contributed by atoms with Crippen LogP contribution >= 0.6 is 0 Å². The molecule has 1 rings (SSSR count). The Morgan fingerprint density at radius 2 is 1.34 bits per heavy atom. The van der Waals surface area contributed by atoms with Gasteiger partial charge in [0.2, 0.25) is 0 Å². The fourth-order valence-corrected chi connectivity index (χ4v) is 3.37. The fourth-order valence-electron chi connectivity index (χ4n) is 3.37. The number of ether oxygens (including phenoxy) is 3. The number of aliphatic hydroxyl groups is 2. The van der Waals surface area contributed by atoms with Gasteiger partial charge in [0.1, 0.15) is 12.7 Å². The number of carbonyl (C=O) groups is 1. The van der Waals surface area contributed by atoms with E-state index in [1.807, 2.05) is 0 Å². The molecular formula is C23H44O6. The van der Waals surface area contributed by atoms with Gasteiger partial charge in [-0.05, 0) is 6.42 Å². The van der Waals surface area contributed by atoms with Gasteiger partial charge in [-0.25, -0.2) is 0 Å². The SMILES string of the molecule is CCCCCCCCCCCCCCCCCC(=O)OC1(OCC(O)CO)CO1. The minimum Gasteiger partial charge on any atom is -0.406 e. The average molecular weight is 417 g/mol. The van der Waals surface area contributed by atoms with Crippen LogP contribution in [0.1, 0.15) is 110 Å². The molecule has 1 heterocycles. The number of hydrogen-bond donors (Lipinski definition) is 2. The average Bonchev–Trinajstić information content (AvgIpc) is 3.48. The lowest BCUT2D eigenvalue weighted by molar-refractivity contribution is -0.233. The highest BCUT2D eigenvalue weighted by Crippen LogP contribution is 2.30. The first-order chi connectivity index (χ1) is 14.1. The molecule has 6 heteroatoms. The minimum atomic E-state index is -1.33. The molecule has 0 bridgehead atoms. The molecule has 0 aliphatic carbocycles. The van der Waals surface area contributed by atoms with E-state index in [4.69, 9.17) is 19.3 Å². The standard InChI is InChI=1S/C23H44O6/c1-2-3-4-5-6-7-8-9-10-11-12-13-14-15-16-17-22(26)29-23(20-28-23)27-19-21(25)18-24/h21,24-25H,2-20H2,1H3. The van der Waals surface area contributed by atoms with Crippen LogP contribution in [0.2, 0.25) is 0 Å². The van der Waals surface area contributed by atoms with Crippen molar-refractivity contribution >= 4 is 5.97 Å². The molecule has 1 aliphatic heterocycles. The van der Waals surface area contributed by atoms with E-state index >= 15 is 0 Å². The first kappa shape index (κ1) is 26.3. The van der Waals surface area contributed by atoms with Crippen LogP contribution in [-0.2, 0) is 19.0 Å². The normalized spacial score (nSPS) is 19.3. The van der Waals surface area contributed by atoms with Crippen LogP contribution < -0.4 is 0 Å². The molecule has 6 nitrogen and oxygen atoms in total. The number of hydrogen-bond acceptors (Lipinski definition) is 6. The zero-order valence-corrected chi connectivity index (χ0v) is 18.5. The highest BCUT2D eigenvalue weighted by Gasteiger charge is 2.51. The van der Waals surface area contributed by atoms with E-state index in [0.29, 0.717) is 6.42 Å². The Bertz CT molecular complexity index is 397. The van der Waals surface area contributed by atoms with Crippen LogP contribution in [0.3, 0.4) is 0 Å². The molecule has 2 N–H and O–H groups in total. The highest BCUT2D eigenvalue weighted by molar-refractivity contribution is 5.69. The van der Waals surface area contributed by atoms with Crippen molar-refractivity contribution in [3.8, 4) is 0 Å². The van der Waals surface area contributed by atoms with E-state index in [-0.39, 0.29) is 19.2 Å². The summed E-state index contributed by atoms with van der Waals surface area (Å²) in [6.45, 7) is 1.92. The van der Waals surface area contributed by atoms with E-state index in [2.05, 4.69) is 6.92 Å². The van der Waals surface area contributed by atoms with Gasteiger partial charge in [-0.15, -0.1) is 0 Å². The quantitative estimate of drug-likeness (QED) is 0.120. The van der Waals surface area contributed by atoms with E-state index in [9.17, 15) is 9.90 Å². The summed E-state index contributed by atoms with van der Waals surface area (Å²) in [7, 11) is 0.